The highest BCUT2D eigenvalue weighted by Gasteiger charge is 2.25. The van der Waals surface area contributed by atoms with E-state index in [-0.39, 0.29) is 5.91 Å². The molecule has 2 saturated heterocycles. The van der Waals surface area contributed by atoms with Crippen molar-refractivity contribution in [2.24, 2.45) is 5.92 Å². The minimum atomic E-state index is -0.0125. The van der Waals surface area contributed by atoms with Gasteiger partial charge in [0.2, 0.25) is 0 Å². The third-order valence-electron chi connectivity index (χ3n) is 6.28. The Morgan fingerprint density at radius 1 is 1.07 bits per heavy atom. The molecule has 1 aromatic heterocycles. The van der Waals surface area contributed by atoms with Gasteiger partial charge in [0.15, 0.2) is 0 Å². The van der Waals surface area contributed by atoms with Crippen molar-refractivity contribution in [2.75, 3.05) is 63.9 Å². The first kappa shape index (κ1) is 19.9. The molecule has 0 atom stereocenters. The number of hydrogen-bond donors (Lipinski definition) is 0. The number of aromatic nitrogens is 1. The Morgan fingerprint density at radius 2 is 1.79 bits per heavy atom. The van der Waals surface area contributed by atoms with Crippen LogP contribution in [-0.2, 0) is 4.74 Å². The van der Waals surface area contributed by atoms with Crippen molar-refractivity contribution >= 4 is 23.3 Å². The molecule has 0 unspecified atom stereocenters. The Morgan fingerprint density at radius 3 is 2.46 bits per heavy atom. The Hall–Kier alpha value is -1.37. The molecule has 0 N–H and O–H groups in total. The van der Waals surface area contributed by atoms with Crippen molar-refractivity contribution < 1.29 is 9.53 Å². The van der Waals surface area contributed by atoms with Crippen LogP contribution in [0.15, 0.2) is 12.3 Å². The van der Waals surface area contributed by atoms with E-state index in [9.17, 15) is 4.79 Å². The molecule has 7 heteroatoms. The molecule has 0 aromatic carbocycles. The smallest absolute Gasteiger partial charge is 0.255 e. The number of pyridine rings is 1. The van der Waals surface area contributed by atoms with Crippen LogP contribution in [0.3, 0.4) is 0 Å². The van der Waals surface area contributed by atoms with Crippen molar-refractivity contribution in [1.29, 1.82) is 0 Å². The van der Waals surface area contributed by atoms with E-state index in [1.165, 1.54) is 38.6 Å². The fourth-order valence-corrected chi connectivity index (χ4v) is 4.89. The first-order chi connectivity index (χ1) is 13.7. The van der Waals surface area contributed by atoms with Gasteiger partial charge in [0.05, 0.1) is 23.8 Å². The molecule has 1 aliphatic carbocycles. The average Bonchev–Trinajstić information content (AvgIpc) is 2.75. The van der Waals surface area contributed by atoms with Gasteiger partial charge in [0, 0.05) is 52.0 Å². The maximum atomic E-state index is 12.6. The van der Waals surface area contributed by atoms with Gasteiger partial charge in [-0.15, -0.1) is 0 Å². The number of halogens is 1. The standard InChI is InChI=1S/C21H31ClN4O2/c22-19-14-18(21(27)26-10-12-28-13-11-26)15-23-20(19)25-8-6-24(7-9-25)16-17-4-2-1-3-5-17/h14-15,17H,1-13,16H2. The highest BCUT2D eigenvalue weighted by molar-refractivity contribution is 6.33. The number of nitrogens with zero attached hydrogens (tertiary/aromatic N) is 4. The van der Waals surface area contributed by atoms with Crippen molar-refractivity contribution in [1.82, 2.24) is 14.8 Å². The molecule has 1 amide bonds. The molecule has 1 saturated carbocycles. The van der Waals surface area contributed by atoms with Gasteiger partial charge < -0.3 is 14.5 Å². The normalized spacial score (nSPS) is 22.5. The Bertz CT molecular complexity index is 666. The van der Waals surface area contributed by atoms with Gasteiger partial charge in [-0.05, 0) is 24.8 Å². The molecule has 3 fully saturated rings. The molecule has 6 nitrogen and oxygen atoms in total. The monoisotopic (exact) mass is 406 g/mol. The number of amides is 1. The first-order valence-electron chi connectivity index (χ1n) is 10.7. The van der Waals surface area contributed by atoms with Gasteiger partial charge >= 0.3 is 0 Å². The third kappa shape index (κ3) is 4.78. The van der Waals surface area contributed by atoms with E-state index in [4.69, 9.17) is 16.3 Å². The Balaban J connectivity index is 1.32. The largest absolute Gasteiger partial charge is 0.378 e. The Kier molecular flexibility index (Phi) is 6.70. The van der Waals surface area contributed by atoms with E-state index in [2.05, 4.69) is 14.8 Å². The number of piperazine rings is 1. The second-order valence-corrected chi connectivity index (χ2v) is 8.63. The van der Waals surface area contributed by atoms with Crippen LogP contribution in [0.2, 0.25) is 5.02 Å². The summed E-state index contributed by atoms with van der Waals surface area (Å²) in [7, 11) is 0. The molecule has 4 rings (SSSR count). The third-order valence-corrected chi connectivity index (χ3v) is 6.56. The number of carbonyl (C=O) groups is 1. The van der Waals surface area contributed by atoms with Gasteiger partial charge in [-0.1, -0.05) is 30.9 Å². The van der Waals surface area contributed by atoms with Crippen molar-refractivity contribution in [3.8, 4) is 0 Å². The fourth-order valence-electron chi connectivity index (χ4n) is 4.61. The summed E-state index contributed by atoms with van der Waals surface area (Å²) in [4.78, 5) is 23.8. The zero-order valence-corrected chi connectivity index (χ0v) is 17.4. The number of anilines is 1. The lowest BCUT2D eigenvalue weighted by Gasteiger charge is -2.38. The number of hydrogen-bond acceptors (Lipinski definition) is 5. The molecule has 154 valence electrons. The topological polar surface area (TPSA) is 48.9 Å². The average molecular weight is 407 g/mol. The molecule has 3 heterocycles. The minimum Gasteiger partial charge on any atom is -0.378 e. The lowest BCUT2D eigenvalue weighted by atomic mass is 9.89. The summed E-state index contributed by atoms with van der Waals surface area (Å²) in [5, 5.41) is 0.569. The van der Waals surface area contributed by atoms with Crippen LogP contribution in [0.25, 0.3) is 0 Å². The lowest BCUT2D eigenvalue weighted by Crippen LogP contribution is -2.48. The molecule has 1 aromatic rings. The van der Waals surface area contributed by atoms with Crippen molar-refractivity contribution in [2.45, 2.75) is 32.1 Å². The summed E-state index contributed by atoms with van der Waals surface area (Å²) in [5.74, 6) is 1.67. The number of morpholine rings is 1. The molecular formula is C21H31ClN4O2. The van der Waals surface area contributed by atoms with Crippen LogP contribution < -0.4 is 4.90 Å². The summed E-state index contributed by atoms with van der Waals surface area (Å²) in [6, 6.07) is 1.77. The second-order valence-electron chi connectivity index (χ2n) is 8.23. The quantitative estimate of drug-likeness (QED) is 0.769. The number of ether oxygens (including phenoxy) is 1. The summed E-state index contributed by atoms with van der Waals surface area (Å²) < 4.78 is 5.32. The van der Waals surface area contributed by atoms with E-state index < -0.39 is 0 Å². The SMILES string of the molecule is O=C(c1cnc(N2CCN(CC3CCCCC3)CC2)c(Cl)c1)N1CCOCC1. The highest BCUT2D eigenvalue weighted by atomic mass is 35.5. The van der Waals surface area contributed by atoms with E-state index in [0.717, 1.165) is 37.9 Å². The molecule has 0 radical (unpaired) electrons. The highest BCUT2D eigenvalue weighted by Crippen LogP contribution is 2.28. The minimum absolute atomic E-state index is 0.0125. The zero-order valence-electron chi connectivity index (χ0n) is 16.6. The van der Waals surface area contributed by atoms with Gasteiger partial charge in [0.1, 0.15) is 5.82 Å². The van der Waals surface area contributed by atoms with Crippen LogP contribution >= 0.6 is 11.6 Å². The van der Waals surface area contributed by atoms with E-state index >= 15 is 0 Å². The molecule has 2 aliphatic heterocycles. The van der Waals surface area contributed by atoms with Crippen LogP contribution in [0.4, 0.5) is 5.82 Å². The number of rotatable bonds is 4. The molecule has 3 aliphatic rings. The molecule has 0 spiro atoms. The van der Waals surface area contributed by atoms with E-state index in [0.29, 0.717) is 36.9 Å². The summed E-state index contributed by atoms with van der Waals surface area (Å²) in [5.41, 5.74) is 0.562. The van der Waals surface area contributed by atoms with Crippen LogP contribution in [0.5, 0.6) is 0 Å². The van der Waals surface area contributed by atoms with Crippen LogP contribution in [-0.4, -0.2) is 79.7 Å². The summed E-state index contributed by atoms with van der Waals surface area (Å²) >= 11 is 6.52. The van der Waals surface area contributed by atoms with Crippen LogP contribution in [0, 0.1) is 5.92 Å². The maximum Gasteiger partial charge on any atom is 0.255 e. The number of carbonyl (C=O) groups excluding carboxylic acids is 1. The molecule has 0 bridgehead atoms. The summed E-state index contributed by atoms with van der Waals surface area (Å²) in [6.45, 7) is 7.68. The van der Waals surface area contributed by atoms with Crippen molar-refractivity contribution in [3.05, 3.63) is 22.8 Å². The van der Waals surface area contributed by atoms with Crippen LogP contribution in [0.1, 0.15) is 42.5 Å². The molecular weight excluding hydrogens is 376 g/mol. The van der Waals surface area contributed by atoms with Crippen molar-refractivity contribution in [3.63, 3.8) is 0 Å². The fraction of sp³-hybridized carbons (Fsp3) is 0.714. The molecule has 28 heavy (non-hydrogen) atoms. The van der Waals surface area contributed by atoms with Gasteiger partial charge in [-0.25, -0.2) is 4.98 Å². The lowest BCUT2D eigenvalue weighted by molar-refractivity contribution is 0.0302. The van der Waals surface area contributed by atoms with Gasteiger partial charge in [0.25, 0.3) is 5.91 Å². The predicted molar refractivity (Wildman–Crippen MR) is 111 cm³/mol. The maximum absolute atomic E-state index is 12.6. The summed E-state index contributed by atoms with van der Waals surface area (Å²) in [6.07, 6.45) is 8.68. The van der Waals surface area contributed by atoms with Gasteiger partial charge in [-0.2, -0.15) is 0 Å². The Labute approximate surface area is 172 Å². The second kappa shape index (κ2) is 9.42. The zero-order chi connectivity index (χ0) is 19.3. The first-order valence-corrected chi connectivity index (χ1v) is 11.1. The van der Waals surface area contributed by atoms with E-state index in [1.807, 2.05) is 0 Å². The predicted octanol–water partition coefficient (Wildman–Crippen LogP) is 2.91. The van der Waals surface area contributed by atoms with Gasteiger partial charge in [-0.3, -0.25) is 9.69 Å². The van der Waals surface area contributed by atoms with E-state index in [1.54, 1.807) is 17.2 Å².